The summed E-state index contributed by atoms with van der Waals surface area (Å²) < 4.78 is 20.2. The summed E-state index contributed by atoms with van der Waals surface area (Å²) in [6, 6.07) is 0. The predicted molar refractivity (Wildman–Crippen MR) is 34.5 cm³/mol. The van der Waals surface area contributed by atoms with Crippen LogP contribution in [0.2, 0.25) is 0 Å². The molecule has 0 aliphatic carbocycles. The van der Waals surface area contributed by atoms with Crippen LogP contribution in [0.25, 0.3) is 0 Å². The van der Waals surface area contributed by atoms with Crippen molar-refractivity contribution in [3.8, 4) is 0 Å². The van der Waals surface area contributed by atoms with Crippen LogP contribution in [0.15, 0.2) is 12.2 Å². The Morgan fingerprint density at radius 2 is 2.12 bits per heavy atom. The summed E-state index contributed by atoms with van der Waals surface area (Å²) in [5, 5.41) is 0. The second kappa shape index (κ2) is 3.10. The van der Waals surface area contributed by atoms with Crippen LogP contribution in [0.5, 0.6) is 0 Å². The number of halogens is 1. The minimum absolute atomic E-state index is 0.0783. The highest BCUT2D eigenvalue weighted by Gasteiger charge is 1.97. The van der Waals surface area contributed by atoms with E-state index < -0.39 is 9.05 Å². The van der Waals surface area contributed by atoms with E-state index in [1.165, 1.54) is 6.08 Å². The molecule has 0 saturated heterocycles. The predicted octanol–water partition coefficient (Wildman–Crippen LogP) is 1.13. The number of hydrogen-bond acceptors (Lipinski definition) is 2. The first-order valence-electron chi connectivity index (χ1n) is 2.10. The first-order valence-corrected chi connectivity index (χ1v) is 4.57. The molecule has 4 heteroatoms. The molecule has 0 unspecified atom stereocenters. The zero-order valence-corrected chi connectivity index (χ0v) is 6.04. The van der Waals surface area contributed by atoms with Crippen molar-refractivity contribution in [3.05, 3.63) is 12.2 Å². The minimum Gasteiger partial charge on any atom is -0.212 e. The van der Waals surface area contributed by atoms with Crippen molar-refractivity contribution in [1.29, 1.82) is 0 Å². The van der Waals surface area contributed by atoms with Gasteiger partial charge in [-0.1, -0.05) is 12.2 Å². The zero-order valence-electron chi connectivity index (χ0n) is 4.46. The van der Waals surface area contributed by atoms with E-state index >= 15 is 0 Å². The van der Waals surface area contributed by atoms with Crippen molar-refractivity contribution >= 4 is 19.7 Å². The maximum atomic E-state index is 10.1. The summed E-state index contributed by atoms with van der Waals surface area (Å²) >= 11 is 0. The van der Waals surface area contributed by atoms with Crippen LogP contribution in [0.4, 0.5) is 0 Å². The summed E-state index contributed by atoms with van der Waals surface area (Å²) in [7, 11) is 1.53. The molecule has 0 saturated carbocycles. The van der Waals surface area contributed by atoms with E-state index in [9.17, 15) is 8.42 Å². The fraction of sp³-hybridized carbons (Fsp3) is 0.500. The highest BCUT2D eigenvalue weighted by molar-refractivity contribution is 8.13. The smallest absolute Gasteiger partial charge is 0.212 e. The molecule has 0 amide bonds. The van der Waals surface area contributed by atoms with Crippen molar-refractivity contribution in [3.63, 3.8) is 0 Å². The Morgan fingerprint density at radius 3 is 2.25 bits per heavy atom. The van der Waals surface area contributed by atoms with Crippen LogP contribution < -0.4 is 0 Å². The summed E-state index contributed by atoms with van der Waals surface area (Å²) in [6.07, 6.45) is 3.13. The molecular formula is C4H7ClO2S. The Morgan fingerprint density at radius 1 is 1.62 bits per heavy atom. The SMILES string of the molecule is CC=CCS(=O)(=O)Cl. The van der Waals surface area contributed by atoms with Gasteiger partial charge in [0.2, 0.25) is 9.05 Å². The number of allylic oxidation sites excluding steroid dienone is 1. The first-order chi connectivity index (χ1) is 3.56. The van der Waals surface area contributed by atoms with Crippen molar-refractivity contribution in [2.45, 2.75) is 6.92 Å². The Labute approximate surface area is 53.6 Å². The van der Waals surface area contributed by atoms with Gasteiger partial charge in [0.15, 0.2) is 0 Å². The third-order valence-electron chi connectivity index (χ3n) is 0.531. The van der Waals surface area contributed by atoms with Gasteiger partial charge in [-0.25, -0.2) is 8.42 Å². The lowest BCUT2D eigenvalue weighted by Gasteiger charge is -1.81. The van der Waals surface area contributed by atoms with E-state index in [0.717, 1.165) is 0 Å². The molecule has 0 spiro atoms. The summed E-state index contributed by atoms with van der Waals surface area (Å²) in [4.78, 5) is 0. The molecule has 0 atom stereocenters. The first kappa shape index (κ1) is 7.98. The van der Waals surface area contributed by atoms with E-state index in [2.05, 4.69) is 0 Å². The van der Waals surface area contributed by atoms with Gasteiger partial charge in [0, 0.05) is 10.7 Å². The zero-order chi connectivity index (χ0) is 6.62. The Hall–Kier alpha value is -0.0200. The quantitative estimate of drug-likeness (QED) is 0.442. The van der Waals surface area contributed by atoms with Crippen molar-refractivity contribution in [2.75, 3.05) is 5.75 Å². The largest absolute Gasteiger partial charge is 0.236 e. The molecule has 0 bridgehead atoms. The second-order valence-corrected chi connectivity index (χ2v) is 4.10. The lowest BCUT2D eigenvalue weighted by atomic mass is 10.6. The molecule has 0 aliphatic heterocycles. The van der Waals surface area contributed by atoms with Gasteiger partial charge in [-0.3, -0.25) is 0 Å². The molecule has 8 heavy (non-hydrogen) atoms. The van der Waals surface area contributed by atoms with E-state index in [4.69, 9.17) is 10.7 Å². The van der Waals surface area contributed by atoms with Gasteiger partial charge >= 0.3 is 0 Å². The van der Waals surface area contributed by atoms with Gasteiger partial charge in [0.25, 0.3) is 0 Å². The molecule has 0 heterocycles. The Kier molecular flexibility index (Phi) is 3.09. The van der Waals surface area contributed by atoms with E-state index in [1.807, 2.05) is 0 Å². The van der Waals surface area contributed by atoms with Crippen molar-refractivity contribution in [2.24, 2.45) is 0 Å². The normalized spacial score (nSPS) is 12.8. The summed E-state index contributed by atoms with van der Waals surface area (Å²) in [5.74, 6) is -0.0783. The van der Waals surface area contributed by atoms with Crippen molar-refractivity contribution < 1.29 is 8.42 Å². The lowest BCUT2D eigenvalue weighted by Crippen LogP contribution is -1.91. The highest BCUT2D eigenvalue weighted by Crippen LogP contribution is 1.94. The van der Waals surface area contributed by atoms with Gasteiger partial charge < -0.3 is 0 Å². The van der Waals surface area contributed by atoms with E-state index in [0.29, 0.717) is 0 Å². The molecule has 0 aliphatic rings. The molecule has 0 radical (unpaired) electrons. The number of hydrogen-bond donors (Lipinski definition) is 0. The van der Waals surface area contributed by atoms with Gasteiger partial charge in [0.1, 0.15) is 0 Å². The standard InChI is InChI=1S/C4H7ClO2S/c1-2-3-4-8(5,6)7/h2-3H,4H2,1H3. The average Bonchev–Trinajstić information content (AvgIpc) is 1.59. The lowest BCUT2D eigenvalue weighted by molar-refractivity contribution is 0.612. The molecule has 0 aromatic rings. The molecule has 48 valence electrons. The summed E-state index contributed by atoms with van der Waals surface area (Å²) in [5.41, 5.74) is 0. The average molecular weight is 155 g/mol. The minimum atomic E-state index is -3.30. The third kappa shape index (κ3) is 5.98. The third-order valence-corrected chi connectivity index (χ3v) is 1.50. The fourth-order valence-electron chi connectivity index (χ4n) is 0.211. The van der Waals surface area contributed by atoms with Crippen LogP contribution in [-0.2, 0) is 9.05 Å². The Balaban J connectivity index is 3.76. The summed E-state index contributed by atoms with van der Waals surface area (Å²) in [6.45, 7) is 1.74. The van der Waals surface area contributed by atoms with E-state index in [-0.39, 0.29) is 5.75 Å². The molecule has 0 aromatic carbocycles. The van der Waals surface area contributed by atoms with Crippen LogP contribution in [-0.4, -0.2) is 14.2 Å². The van der Waals surface area contributed by atoms with E-state index in [1.54, 1.807) is 13.0 Å². The van der Waals surface area contributed by atoms with Crippen LogP contribution in [0, 0.1) is 0 Å². The number of rotatable bonds is 2. The van der Waals surface area contributed by atoms with Gasteiger partial charge in [-0.2, -0.15) is 0 Å². The highest BCUT2D eigenvalue weighted by atomic mass is 35.7. The van der Waals surface area contributed by atoms with Gasteiger partial charge in [-0.15, -0.1) is 0 Å². The molecule has 2 nitrogen and oxygen atoms in total. The van der Waals surface area contributed by atoms with Crippen molar-refractivity contribution in [1.82, 2.24) is 0 Å². The second-order valence-electron chi connectivity index (χ2n) is 1.27. The molecule has 0 rings (SSSR count). The topological polar surface area (TPSA) is 34.1 Å². The maximum absolute atomic E-state index is 10.1. The molecule has 0 fully saturated rings. The molecular weight excluding hydrogens is 148 g/mol. The monoisotopic (exact) mass is 154 g/mol. The van der Waals surface area contributed by atoms with Crippen LogP contribution >= 0.6 is 10.7 Å². The van der Waals surface area contributed by atoms with Crippen LogP contribution in [0.3, 0.4) is 0 Å². The maximum Gasteiger partial charge on any atom is 0.236 e. The molecule has 0 N–H and O–H groups in total. The fourth-order valence-corrected chi connectivity index (χ4v) is 0.852. The Bertz CT molecular complexity index is 168. The van der Waals surface area contributed by atoms with Gasteiger partial charge in [0.05, 0.1) is 5.75 Å². The molecule has 0 aromatic heterocycles. The van der Waals surface area contributed by atoms with Crippen LogP contribution in [0.1, 0.15) is 6.92 Å². The van der Waals surface area contributed by atoms with Gasteiger partial charge in [-0.05, 0) is 6.92 Å².